The highest BCUT2D eigenvalue weighted by molar-refractivity contribution is 9.09. The summed E-state index contributed by atoms with van der Waals surface area (Å²) in [5.41, 5.74) is 1.46. The number of ether oxygens (including phenoxy) is 1. The molecule has 3 nitrogen and oxygen atoms in total. The van der Waals surface area contributed by atoms with Gasteiger partial charge in [0.15, 0.2) is 9.84 Å². The van der Waals surface area contributed by atoms with Crippen molar-refractivity contribution in [2.24, 2.45) is 0 Å². The SMILES string of the molecule is Cc1cc(OCCBr)cc(C)c1S(C)(=O)=O. The Hall–Kier alpha value is -0.550. The summed E-state index contributed by atoms with van der Waals surface area (Å²) in [6.45, 7) is 4.13. The molecule has 0 fully saturated rings. The Morgan fingerprint density at radius 1 is 1.25 bits per heavy atom. The van der Waals surface area contributed by atoms with Crippen molar-refractivity contribution in [2.45, 2.75) is 18.7 Å². The molecule has 0 radical (unpaired) electrons. The van der Waals surface area contributed by atoms with Crippen molar-refractivity contribution in [1.82, 2.24) is 0 Å². The van der Waals surface area contributed by atoms with Crippen LogP contribution in [0.4, 0.5) is 0 Å². The molecule has 90 valence electrons. The maximum Gasteiger partial charge on any atom is 0.176 e. The molecule has 0 spiro atoms. The summed E-state index contributed by atoms with van der Waals surface area (Å²) >= 11 is 3.27. The van der Waals surface area contributed by atoms with E-state index in [0.29, 0.717) is 17.3 Å². The molecule has 0 unspecified atom stereocenters. The number of hydrogen-bond acceptors (Lipinski definition) is 3. The van der Waals surface area contributed by atoms with Gasteiger partial charge in [-0.1, -0.05) is 15.9 Å². The van der Waals surface area contributed by atoms with Crippen molar-refractivity contribution < 1.29 is 13.2 Å². The van der Waals surface area contributed by atoms with E-state index < -0.39 is 9.84 Å². The predicted octanol–water partition coefficient (Wildman–Crippen LogP) is 2.48. The number of rotatable bonds is 4. The van der Waals surface area contributed by atoms with Crippen molar-refractivity contribution in [3.8, 4) is 5.75 Å². The average molecular weight is 307 g/mol. The van der Waals surface area contributed by atoms with Gasteiger partial charge in [0.1, 0.15) is 5.75 Å². The van der Waals surface area contributed by atoms with E-state index in [1.54, 1.807) is 26.0 Å². The van der Waals surface area contributed by atoms with Gasteiger partial charge in [-0.2, -0.15) is 0 Å². The quantitative estimate of drug-likeness (QED) is 0.803. The topological polar surface area (TPSA) is 43.4 Å². The minimum absolute atomic E-state index is 0.402. The lowest BCUT2D eigenvalue weighted by molar-refractivity contribution is 0.344. The van der Waals surface area contributed by atoms with Crippen LogP contribution < -0.4 is 4.74 Å². The molecule has 0 saturated heterocycles. The second kappa shape index (κ2) is 5.19. The summed E-state index contributed by atoms with van der Waals surface area (Å²) in [5, 5.41) is 0.749. The molecule has 1 aromatic carbocycles. The van der Waals surface area contributed by atoms with Crippen molar-refractivity contribution in [2.75, 3.05) is 18.2 Å². The Bertz CT molecular complexity index is 457. The highest BCUT2D eigenvalue weighted by Crippen LogP contribution is 2.25. The molecule has 0 aliphatic carbocycles. The zero-order valence-corrected chi connectivity index (χ0v) is 12.0. The third-order valence-corrected chi connectivity index (χ3v) is 3.86. The van der Waals surface area contributed by atoms with Crippen LogP contribution >= 0.6 is 15.9 Å². The minimum atomic E-state index is -3.17. The Morgan fingerprint density at radius 3 is 2.12 bits per heavy atom. The fourth-order valence-electron chi connectivity index (χ4n) is 1.74. The van der Waals surface area contributed by atoms with Crippen LogP contribution in [0.25, 0.3) is 0 Å². The largest absolute Gasteiger partial charge is 0.493 e. The fraction of sp³-hybridized carbons (Fsp3) is 0.455. The molecule has 0 N–H and O–H groups in total. The minimum Gasteiger partial charge on any atom is -0.493 e. The van der Waals surface area contributed by atoms with E-state index in [9.17, 15) is 8.42 Å². The molecule has 0 bridgehead atoms. The molecule has 0 amide bonds. The smallest absolute Gasteiger partial charge is 0.176 e. The third-order valence-electron chi connectivity index (χ3n) is 2.15. The summed E-state index contributed by atoms with van der Waals surface area (Å²) in [7, 11) is -3.17. The zero-order chi connectivity index (χ0) is 12.3. The van der Waals surface area contributed by atoms with E-state index in [1.807, 2.05) is 0 Å². The highest BCUT2D eigenvalue weighted by Gasteiger charge is 2.15. The molecule has 1 aromatic rings. The first-order chi connectivity index (χ1) is 7.36. The van der Waals surface area contributed by atoms with E-state index >= 15 is 0 Å². The monoisotopic (exact) mass is 306 g/mol. The van der Waals surface area contributed by atoms with Crippen LogP contribution in [0.1, 0.15) is 11.1 Å². The van der Waals surface area contributed by atoms with Crippen molar-refractivity contribution in [1.29, 1.82) is 0 Å². The van der Waals surface area contributed by atoms with E-state index in [-0.39, 0.29) is 0 Å². The number of halogens is 1. The van der Waals surface area contributed by atoms with Gasteiger partial charge in [0, 0.05) is 11.6 Å². The van der Waals surface area contributed by atoms with Crippen LogP contribution in [-0.4, -0.2) is 26.6 Å². The van der Waals surface area contributed by atoms with Gasteiger partial charge in [-0.05, 0) is 37.1 Å². The maximum absolute atomic E-state index is 11.6. The van der Waals surface area contributed by atoms with Gasteiger partial charge in [-0.3, -0.25) is 0 Å². The maximum atomic E-state index is 11.6. The molecule has 16 heavy (non-hydrogen) atoms. The molecule has 5 heteroatoms. The highest BCUT2D eigenvalue weighted by atomic mass is 79.9. The van der Waals surface area contributed by atoms with Crippen LogP contribution in [0.2, 0.25) is 0 Å². The number of alkyl halides is 1. The van der Waals surface area contributed by atoms with Crippen LogP contribution in [0.15, 0.2) is 17.0 Å². The molecule has 0 atom stereocenters. The normalized spacial score (nSPS) is 11.5. The molecule has 0 saturated carbocycles. The molecular weight excluding hydrogens is 292 g/mol. The van der Waals surface area contributed by atoms with Crippen molar-refractivity contribution in [3.63, 3.8) is 0 Å². The lowest BCUT2D eigenvalue weighted by Gasteiger charge is -2.11. The van der Waals surface area contributed by atoms with E-state index in [2.05, 4.69) is 15.9 Å². The Labute approximate surface area is 105 Å². The molecule has 0 aliphatic heterocycles. The van der Waals surface area contributed by atoms with Crippen LogP contribution in [-0.2, 0) is 9.84 Å². The predicted molar refractivity (Wildman–Crippen MR) is 68.3 cm³/mol. The van der Waals surface area contributed by atoms with E-state index in [1.165, 1.54) is 6.26 Å². The molecule has 0 heterocycles. The molecule has 0 aromatic heterocycles. The number of sulfone groups is 1. The second-order valence-electron chi connectivity index (χ2n) is 3.70. The first-order valence-corrected chi connectivity index (χ1v) is 7.87. The van der Waals surface area contributed by atoms with Gasteiger partial charge in [-0.15, -0.1) is 0 Å². The summed E-state index contributed by atoms with van der Waals surface area (Å²) in [4.78, 5) is 0.402. The summed E-state index contributed by atoms with van der Waals surface area (Å²) in [6, 6.07) is 3.51. The van der Waals surface area contributed by atoms with E-state index in [4.69, 9.17) is 4.74 Å². The average Bonchev–Trinajstić information content (AvgIpc) is 2.11. The van der Waals surface area contributed by atoms with Crippen molar-refractivity contribution >= 4 is 25.8 Å². The standard InChI is InChI=1S/C11H15BrO3S/c1-8-6-10(15-5-4-12)7-9(2)11(8)16(3,13)14/h6-7H,4-5H2,1-3H3. The van der Waals surface area contributed by atoms with Gasteiger partial charge in [0.25, 0.3) is 0 Å². The van der Waals surface area contributed by atoms with Gasteiger partial charge in [0.05, 0.1) is 11.5 Å². The summed E-state index contributed by atoms with van der Waals surface area (Å²) < 4.78 is 28.5. The van der Waals surface area contributed by atoms with E-state index in [0.717, 1.165) is 16.5 Å². The fourth-order valence-corrected chi connectivity index (χ4v) is 3.18. The van der Waals surface area contributed by atoms with Gasteiger partial charge >= 0.3 is 0 Å². The lowest BCUT2D eigenvalue weighted by atomic mass is 10.1. The number of benzene rings is 1. The molecule has 0 aliphatic rings. The van der Waals surface area contributed by atoms with Crippen LogP contribution in [0, 0.1) is 13.8 Å². The number of hydrogen-bond donors (Lipinski definition) is 0. The Balaban J connectivity index is 3.18. The van der Waals surface area contributed by atoms with Gasteiger partial charge < -0.3 is 4.74 Å². The Kier molecular flexibility index (Phi) is 4.38. The summed E-state index contributed by atoms with van der Waals surface area (Å²) in [5.74, 6) is 0.710. The van der Waals surface area contributed by atoms with Gasteiger partial charge in [0.2, 0.25) is 0 Å². The molecule has 1 rings (SSSR count). The third kappa shape index (κ3) is 3.22. The molecular formula is C11H15BrO3S. The van der Waals surface area contributed by atoms with Gasteiger partial charge in [-0.25, -0.2) is 8.42 Å². The summed E-state index contributed by atoms with van der Waals surface area (Å²) in [6.07, 6.45) is 1.22. The van der Waals surface area contributed by atoms with Crippen molar-refractivity contribution in [3.05, 3.63) is 23.3 Å². The van der Waals surface area contributed by atoms with Crippen LogP contribution in [0.3, 0.4) is 0 Å². The zero-order valence-electron chi connectivity index (χ0n) is 9.58. The number of aryl methyl sites for hydroxylation is 2. The second-order valence-corrected chi connectivity index (χ2v) is 6.44. The Morgan fingerprint density at radius 2 is 1.75 bits per heavy atom. The lowest BCUT2D eigenvalue weighted by Crippen LogP contribution is -2.05. The first-order valence-electron chi connectivity index (χ1n) is 4.86. The first kappa shape index (κ1) is 13.5. The van der Waals surface area contributed by atoms with Crippen LogP contribution in [0.5, 0.6) is 5.75 Å².